The summed E-state index contributed by atoms with van der Waals surface area (Å²) in [4.78, 5) is 12.5. The Hall–Kier alpha value is -3.15. The number of nitrogens with one attached hydrogen (secondary N) is 1. The normalized spacial score (nSPS) is 15.2. The second-order valence-electron chi connectivity index (χ2n) is 6.98. The number of fused-ring (bicyclic) bond motifs is 2. The molecule has 1 unspecified atom stereocenters. The smallest absolute Gasteiger partial charge is 0.224 e. The van der Waals surface area contributed by atoms with E-state index in [4.69, 9.17) is 18.6 Å². The Balaban J connectivity index is 1.45. The quantitative estimate of drug-likeness (QED) is 0.706. The van der Waals surface area contributed by atoms with E-state index in [-0.39, 0.29) is 18.4 Å². The van der Waals surface area contributed by atoms with Gasteiger partial charge in [0.25, 0.3) is 0 Å². The molecule has 0 bridgehead atoms. The molecule has 6 heteroatoms. The lowest BCUT2D eigenvalue weighted by Gasteiger charge is -2.12. The molecule has 1 amide bonds. The number of carbonyl (C=O) groups is 1. The van der Waals surface area contributed by atoms with Crippen molar-refractivity contribution in [2.24, 2.45) is 0 Å². The summed E-state index contributed by atoms with van der Waals surface area (Å²) in [6.45, 7) is 2.41. The van der Waals surface area contributed by atoms with Crippen molar-refractivity contribution in [1.29, 1.82) is 0 Å². The van der Waals surface area contributed by atoms with Gasteiger partial charge in [-0.05, 0) is 31.2 Å². The van der Waals surface area contributed by atoms with Gasteiger partial charge >= 0.3 is 0 Å². The Morgan fingerprint density at radius 1 is 1.18 bits per heavy atom. The van der Waals surface area contributed by atoms with Gasteiger partial charge in [-0.2, -0.15) is 0 Å². The standard InChI is InChI=1S/C22H23NO5/c1-13-6-14-7-19(26-3)15(8-20(14)28-13)11-23-22(24)9-16-12-27-21-10-17(25-2)4-5-18(16)21/h4-5,7-8,10,12-13H,6,9,11H2,1-3H3,(H,23,24). The highest BCUT2D eigenvalue weighted by Crippen LogP contribution is 2.35. The van der Waals surface area contributed by atoms with Crippen LogP contribution in [0.15, 0.2) is 41.0 Å². The summed E-state index contributed by atoms with van der Waals surface area (Å²) >= 11 is 0. The molecule has 0 radical (unpaired) electrons. The summed E-state index contributed by atoms with van der Waals surface area (Å²) in [5.41, 5.74) is 3.58. The van der Waals surface area contributed by atoms with Gasteiger partial charge in [-0.15, -0.1) is 0 Å². The minimum atomic E-state index is -0.0876. The molecule has 1 aliphatic heterocycles. The molecule has 1 aliphatic rings. The number of hydrogen-bond acceptors (Lipinski definition) is 5. The highest BCUT2D eigenvalue weighted by atomic mass is 16.5. The van der Waals surface area contributed by atoms with Crippen molar-refractivity contribution < 1.29 is 23.4 Å². The number of amides is 1. The van der Waals surface area contributed by atoms with Gasteiger partial charge in [-0.25, -0.2) is 0 Å². The molecule has 4 rings (SSSR count). The maximum absolute atomic E-state index is 12.5. The van der Waals surface area contributed by atoms with E-state index in [1.54, 1.807) is 20.5 Å². The zero-order valence-electron chi connectivity index (χ0n) is 16.2. The van der Waals surface area contributed by atoms with Crippen molar-refractivity contribution in [2.75, 3.05) is 14.2 Å². The summed E-state index contributed by atoms with van der Waals surface area (Å²) in [5, 5.41) is 3.87. The van der Waals surface area contributed by atoms with Gasteiger partial charge in [0.05, 0.1) is 26.9 Å². The van der Waals surface area contributed by atoms with Crippen LogP contribution in [0.25, 0.3) is 11.0 Å². The third kappa shape index (κ3) is 3.50. The van der Waals surface area contributed by atoms with Gasteiger partial charge < -0.3 is 23.9 Å². The molecular formula is C22H23NO5. The fourth-order valence-electron chi connectivity index (χ4n) is 3.57. The molecule has 0 saturated carbocycles. The van der Waals surface area contributed by atoms with E-state index in [1.807, 2.05) is 37.3 Å². The first-order valence-corrected chi connectivity index (χ1v) is 9.24. The lowest BCUT2D eigenvalue weighted by Crippen LogP contribution is -2.24. The van der Waals surface area contributed by atoms with Gasteiger partial charge in [0, 0.05) is 41.1 Å². The topological polar surface area (TPSA) is 69.9 Å². The SMILES string of the molecule is COc1ccc2c(CC(=O)NCc3cc4c(cc3OC)CC(C)O4)coc2c1. The first-order valence-electron chi connectivity index (χ1n) is 9.24. The van der Waals surface area contributed by atoms with Crippen LogP contribution in [0.4, 0.5) is 0 Å². The minimum absolute atomic E-state index is 0.0876. The van der Waals surface area contributed by atoms with Crippen LogP contribution in [0.3, 0.4) is 0 Å². The molecule has 0 saturated heterocycles. The Bertz CT molecular complexity index is 1020. The van der Waals surface area contributed by atoms with Gasteiger partial charge in [0.1, 0.15) is 28.9 Å². The molecule has 1 N–H and O–H groups in total. The van der Waals surface area contributed by atoms with Crippen LogP contribution in [0, 0.1) is 0 Å². The second kappa shape index (κ2) is 7.46. The number of rotatable bonds is 6. The van der Waals surface area contributed by atoms with E-state index < -0.39 is 0 Å². The Morgan fingerprint density at radius 3 is 2.82 bits per heavy atom. The fourth-order valence-corrected chi connectivity index (χ4v) is 3.57. The molecular weight excluding hydrogens is 358 g/mol. The average Bonchev–Trinajstić information content (AvgIpc) is 3.26. The predicted octanol–water partition coefficient (Wildman–Crippen LogP) is 3.63. The van der Waals surface area contributed by atoms with E-state index in [2.05, 4.69) is 5.32 Å². The zero-order chi connectivity index (χ0) is 19.7. The van der Waals surface area contributed by atoms with Crippen LogP contribution in [-0.4, -0.2) is 26.2 Å². The van der Waals surface area contributed by atoms with E-state index in [0.29, 0.717) is 12.1 Å². The summed E-state index contributed by atoms with van der Waals surface area (Å²) in [6.07, 6.45) is 2.89. The molecule has 1 atom stereocenters. The molecule has 2 heterocycles. The molecule has 1 aromatic heterocycles. The maximum atomic E-state index is 12.5. The van der Waals surface area contributed by atoms with Crippen LogP contribution >= 0.6 is 0 Å². The van der Waals surface area contributed by atoms with E-state index in [1.165, 1.54) is 0 Å². The van der Waals surface area contributed by atoms with Crippen LogP contribution in [0.1, 0.15) is 23.6 Å². The Morgan fingerprint density at radius 2 is 2.04 bits per heavy atom. The highest BCUT2D eigenvalue weighted by molar-refractivity contribution is 5.88. The molecule has 6 nitrogen and oxygen atoms in total. The van der Waals surface area contributed by atoms with Crippen molar-refractivity contribution in [2.45, 2.75) is 32.4 Å². The maximum Gasteiger partial charge on any atom is 0.224 e. The van der Waals surface area contributed by atoms with Crippen LogP contribution in [0.5, 0.6) is 17.2 Å². The average molecular weight is 381 g/mol. The number of methoxy groups -OCH3 is 2. The first kappa shape index (κ1) is 18.2. The minimum Gasteiger partial charge on any atom is -0.497 e. The summed E-state index contributed by atoms with van der Waals surface area (Å²) < 4.78 is 22.1. The number of hydrogen-bond donors (Lipinski definition) is 1. The summed E-state index contributed by atoms with van der Waals surface area (Å²) in [6, 6.07) is 9.53. The fraction of sp³-hybridized carbons (Fsp3) is 0.318. The third-order valence-electron chi connectivity index (χ3n) is 4.99. The van der Waals surface area contributed by atoms with Gasteiger partial charge in [-0.3, -0.25) is 4.79 Å². The largest absolute Gasteiger partial charge is 0.497 e. The summed E-state index contributed by atoms with van der Waals surface area (Å²) in [7, 11) is 3.25. The number of carbonyl (C=O) groups excluding carboxylic acids is 1. The third-order valence-corrected chi connectivity index (χ3v) is 4.99. The molecule has 0 aliphatic carbocycles. The highest BCUT2D eigenvalue weighted by Gasteiger charge is 2.22. The van der Waals surface area contributed by atoms with Crippen molar-refractivity contribution in [1.82, 2.24) is 5.32 Å². The molecule has 0 spiro atoms. The van der Waals surface area contributed by atoms with Crippen molar-refractivity contribution in [3.8, 4) is 17.2 Å². The van der Waals surface area contributed by atoms with E-state index in [0.717, 1.165) is 45.7 Å². The van der Waals surface area contributed by atoms with Gasteiger partial charge in [0.15, 0.2) is 0 Å². The first-order chi connectivity index (χ1) is 13.6. The zero-order valence-corrected chi connectivity index (χ0v) is 16.2. The van der Waals surface area contributed by atoms with Crippen LogP contribution in [0.2, 0.25) is 0 Å². The molecule has 0 fully saturated rings. The summed E-state index contributed by atoms with van der Waals surface area (Å²) in [5.74, 6) is 2.26. The van der Waals surface area contributed by atoms with Crippen molar-refractivity contribution in [3.63, 3.8) is 0 Å². The van der Waals surface area contributed by atoms with Crippen LogP contribution in [-0.2, 0) is 24.2 Å². The molecule has 28 heavy (non-hydrogen) atoms. The van der Waals surface area contributed by atoms with Crippen LogP contribution < -0.4 is 19.5 Å². The second-order valence-corrected chi connectivity index (χ2v) is 6.98. The molecule has 146 valence electrons. The van der Waals surface area contributed by atoms with Crippen molar-refractivity contribution in [3.05, 3.63) is 53.3 Å². The van der Waals surface area contributed by atoms with E-state index >= 15 is 0 Å². The number of ether oxygens (including phenoxy) is 3. The lowest BCUT2D eigenvalue weighted by molar-refractivity contribution is -0.120. The number of furan rings is 1. The Kier molecular flexibility index (Phi) is 4.86. The van der Waals surface area contributed by atoms with Gasteiger partial charge in [-0.1, -0.05) is 0 Å². The van der Waals surface area contributed by atoms with Gasteiger partial charge in [0.2, 0.25) is 5.91 Å². The van der Waals surface area contributed by atoms with E-state index in [9.17, 15) is 4.79 Å². The molecule has 3 aromatic rings. The Labute approximate surface area is 163 Å². The molecule has 2 aromatic carbocycles. The monoisotopic (exact) mass is 381 g/mol. The lowest BCUT2D eigenvalue weighted by atomic mass is 10.1. The number of benzene rings is 2. The predicted molar refractivity (Wildman–Crippen MR) is 105 cm³/mol. The van der Waals surface area contributed by atoms with Crippen molar-refractivity contribution >= 4 is 16.9 Å².